The van der Waals surface area contributed by atoms with Gasteiger partial charge in [-0.1, -0.05) is 19.8 Å². The summed E-state index contributed by atoms with van der Waals surface area (Å²) < 4.78 is 4.89. The number of hydrogen-bond acceptors (Lipinski definition) is 5. The number of nitrogens with one attached hydrogen (secondary N) is 1. The van der Waals surface area contributed by atoms with Crippen LogP contribution >= 0.6 is 0 Å². The molecule has 1 aliphatic carbocycles. The lowest BCUT2D eigenvalue weighted by molar-refractivity contribution is -0.125. The van der Waals surface area contributed by atoms with E-state index in [-0.39, 0.29) is 35.6 Å². The Hall–Kier alpha value is -2.24. The maximum absolute atomic E-state index is 11.8. The van der Waals surface area contributed by atoms with Gasteiger partial charge < -0.3 is 20.3 Å². The van der Waals surface area contributed by atoms with Gasteiger partial charge in [0, 0.05) is 12.1 Å². The SMILES string of the molecule is C[C@H]1CCCC[C@@H]1NC(=O)COC(=O)c1ccc(O)cc1O. The van der Waals surface area contributed by atoms with Gasteiger partial charge in [0.2, 0.25) is 0 Å². The van der Waals surface area contributed by atoms with E-state index in [0.29, 0.717) is 5.92 Å². The first-order valence-electron chi connectivity index (χ1n) is 7.46. The Kier molecular flexibility index (Phi) is 5.25. The van der Waals surface area contributed by atoms with Gasteiger partial charge in [0.15, 0.2) is 6.61 Å². The van der Waals surface area contributed by atoms with Crippen molar-refractivity contribution < 1.29 is 24.5 Å². The van der Waals surface area contributed by atoms with Crippen LogP contribution in [-0.2, 0) is 9.53 Å². The second kappa shape index (κ2) is 7.15. The van der Waals surface area contributed by atoms with E-state index < -0.39 is 5.97 Å². The average molecular weight is 307 g/mol. The lowest BCUT2D eigenvalue weighted by Crippen LogP contribution is -2.42. The largest absolute Gasteiger partial charge is 0.508 e. The van der Waals surface area contributed by atoms with Crippen molar-refractivity contribution in [3.8, 4) is 11.5 Å². The Morgan fingerprint density at radius 1 is 1.27 bits per heavy atom. The zero-order valence-electron chi connectivity index (χ0n) is 12.5. The summed E-state index contributed by atoms with van der Waals surface area (Å²) in [6.07, 6.45) is 4.31. The molecule has 0 aromatic heterocycles. The molecule has 0 radical (unpaired) electrons. The van der Waals surface area contributed by atoms with Crippen LogP contribution in [0.25, 0.3) is 0 Å². The monoisotopic (exact) mass is 307 g/mol. The zero-order chi connectivity index (χ0) is 16.1. The van der Waals surface area contributed by atoms with E-state index in [1.807, 2.05) is 0 Å². The van der Waals surface area contributed by atoms with Gasteiger partial charge >= 0.3 is 5.97 Å². The van der Waals surface area contributed by atoms with Crippen molar-refractivity contribution in [1.82, 2.24) is 5.32 Å². The van der Waals surface area contributed by atoms with Gasteiger partial charge in [-0.15, -0.1) is 0 Å². The molecule has 0 unspecified atom stereocenters. The van der Waals surface area contributed by atoms with Crippen LogP contribution in [0.15, 0.2) is 18.2 Å². The second-order valence-electron chi connectivity index (χ2n) is 5.71. The molecule has 0 heterocycles. The Labute approximate surface area is 129 Å². The fourth-order valence-electron chi connectivity index (χ4n) is 2.68. The molecule has 1 aromatic rings. The van der Waals surface area contributed by atoms with Gasteiger partial charge in [-0.05, 0) is 30.9 Å². The number of esters is 1. The summed E-state index contributed by atoms with van der Waals surface area (Å²) in [7, 11) is 0. The van der Waals surface area contributed by atoms with E-state index in [4.69, 9.17) is 9.84 Å². The van der Waals surface area contributed by atoms with E-state index in [2.05, 4.69) is 12.2 Å². The number of rotatable bonds is 4. The van der Waals surface area contributed by atoms with Crippen LogP contribution in [-0.4, -0.2) is 34.7 Å². The van der Waals surface area contributed by atoms with E-state index in [1.54, 1.807) is 0 Å². The van der Waals surface area contributed by atoms with Crippen LogP contribution < -0.4 is 5.32 Å². The third-order valence-electron chi connectivity index (χ3n) is 3.99. The molecule has 0 bridgehead atoms. The highest BCUT2D eigenvalue weighted by Gasteiger charge is 2.23. The van der Waals surface area contributed by atoms with Crippen molar-refractivity contribution >= 4 is 11.9 Å². The molecule has 0 saturated heterocycles. The summed E-state index contributed by atoms with van der Waals surface area (Å²) in [6.45, 7) is 1.72. The maximum atomic E-state index is 11.8. The molecule has 0 aliphatic heterocycles. The Morgan fingerprint density at radius 2 is 2.00 bits per heavy atom. The first kappa shape index (κ1) is 16.1. The number of aromatic hydroxyl groups is 2. The van der Waals surface area contributed by atoms with Crippen molar-refractivity contribution in [3.63, 3.8) is 0 Å². The van der Waals surface area contributed by atoms with Crippen molar-refractivity contribution in [2.24, 2.45) is 5.92 Å². The van der Waals surface area contributed by atoms with Crippen LogP contribution in [0, 0.1) is 5.92 Å². The lowest BCUT2D eigenvalue weighted by Gasteiger charge is -2.29. The first-order chi connectivity index (χ1) is 10.5. The van der Waals surface area contributed by atoms with Crippen molar-refractivity contribution in [1.29, 1.82) is 0 Å². The maximum Gasteiger partial charge on any atom is 0.342 e. The summed E-state index contributed by atoms with van der Waals surface area (Å²) in [5, 5.41) is 21.6. The third-order valence-corrected chi connectivity index (χ3v) is 3.99. The number of benzene rings is 1. The molecular formula is C16H21NO5. The van der Waals surface area contributed by atoms with Gasteiger partial charge in [-0.3, -0.25) is 4.79 Å². The molecule has 120 valence electrons. The number of hydrogen-bond donors (Lipinski definition) is 3. The molecule has 0 spiro atoms. The quantitative estimate of drug-likeness (QED) is 0.739. The number of ether oxygens (including phenoxy) is 1. The molecule has 1 aliphatic rings. The van der Waals surface area contributed by atoms with Crippen LogP contribution in [0.2, 0.25) is 0 Å². The highest BCUT2D eigenvalue weighted by atomic mass is 16.5. The highest BCUT2D eigenvalue weighted by Crippen LogP contribution is 2.24. The van der Waals surface area contributed by atoms with E-state index in [9.17, 15) is 14.7 Å². The summed E-state index contributed by atoms with van der Waals surface area (Å²) in [5.41, 5.74) is -0.0864. The van der Waals surface area contributed by atoms with E-state index >= 15 is 0 Å². The van der Waals surface area contributed by atoms with Crippen molar-refractivity contribution in [2.75, 3.05) is 6.61 Å². The molecule has 1 aromatic carbocycles. The van der Waals surface area contributed by atoms with Crippen LogP contribution in [0.4, 0.5) is 0 Å². The molecule has 6 heteroatoms. The molecular weight excluding hydrogens is 286 g/mol. The lowest BCUT2D eigenvalue weighted by atomic mass is 9.86. The fourth-order valence-corrected chi connectivity index (χ4v) is 2.68. The van der Waals surface area contributed by atoms with Gasteiger partial charge in [-0.2, -0.15) is 0 Å². The predicted molar refractivity (Wildman–Crippen MR) is 79.6 cm³/mol. The van der Waals surface area contributed by atoms with Crippen LogP contribution in [0.1, 0.15) is 43.0 Å². The molecule has 1 fully saturated rings. The van der Waals surface area contributed by atoms with Gasteiger partial charge in [0.1, 0.15) is 17.1 Å². The molecule has 22 heavy (non-hydrogen) atoms. The van der Waals surface area contributed by atoms with Crippen LogP contribution in [0.5, 0.6) is 11.5 Å². The number of amides is 1. The minimum Gasteiger partial charge on any atom is -0.508 e. The predicted octanol–water partition coefficient (Wildman–Crippen LogP) is 1.95. The minimum absolute atomic E-state index is 0.0864. The van der Waals surface area contributed by atoms with Crippen molar-refractivity contribution in [2.45, 2.75) is 38.6 Å². The van der Waals surface area contributed by atoms with E-state index in [1.165, 1.54) is 18.6 Å². The van der Waals surface area contributed by atoms with Crippen molar-refractivity contribution in [3.05, 3.63) is 23.8 Å². The summed E-state index contributed by atoms with van der Waals surface area (Å²) in [5.74, 6) is -1.26. The minimum atomic E-state index is -0.802. The average Bonchev–Trinajstić information content (AvgIpc) is 2.47. The molecule has 2 rings (SSSR count). The zero-order valence-corrected chi connectivity index (χ0v) is 12.5. The topological polar surface area (TPSA) is 95.9 Å². The molecule has 3 N–H and O–H groups in total. The molecule has 6 nitrogen and oxygen atoms in total. The second-order valence-corrected chi connectivity index (χ2v) is 5.71. The molecule has 1 amide bonds. The number of carbonyl (C=O) groups is 2. The highest BCUT2D eigenvalue weighted by molar-refractivity contribution is 5.94. The number of phenolic OH excluding ortho intramolecular Hbond substituents is 2. The Morgan fingerprint density at radius 3 is 2.68 bits per heavy atom. The van der Waals surface area contributed by atoms with Gasteiger partial charge in [0.25, 0.3) is 5.91 Å². The Bertz CT molecular complexity index is 557. The fraction of sp³-hybridized carbons (Fsp3) is 0.500. The van der Waals surface area contributed by atoms with Gasteiger partial charge in [0.05, 0.1) is 0 Å². The van der Waals surface area contributed by atoms with Gasteiger partial charge in [-0.25, -0.2) is 4.79 Å². The smallest absolute Gasteiger partial charge is 0.342 e. The standard InChI is InChI=1S/C16H21NO5/c1-10-4-2-3-5-13(10)17-15(20)9-22-16(21)12-7-6-11(18)8-14(12)19/h6-8,10,13,18-19H,2-5,9H2,1H3,(H,17,20)/t10-,13-/m0/s1. The number of carbonyl (C=O) groups excluding carboxylic acids is 2. The summed E-state index contributed by atoms with van der Waals surface area (Å²) in [4.78, 5) is 23.6. The first-order valence-corrected chi connectivity index (χ1v) is 7.46. The summed E-state index contributed by atoms with van der Waals surface area (Å²) >= 11 is 0. The van der Waals surface area contributed by atoms with Crippen LogP contribution in [0.3, 0.4) is 0 Å². The Balaban J connectivity index is 1.84. The normalized spacial score (nSPS) is 21.1. The molecule has 2 atom stereocenters. The van der Waals surface area contributed by atoms with E-state index in [0.717, 1.165) is 25.3 Å². The number of phenols is 2. The third kappa shape index (κ3) is 4.13. The summed E-state index contributed by atoms with van der Waals surface area (Å²) in [6, 6.07) is 3.68. The molecule has 1 saturated carbocycles.